The molecular formula is C14H28N2O. The van der Waals surface area contributed by atoms with Crippen molar-refractivity contribution in [1.29, 1.82) is 0 Å². The first-order valence-corrected chi connectivity index (χ1v) is 7.22. The Labute approximate surface area is 106 Å². The van der Waals surface area contributed by atoms with Crippen molar-refractivity contribution >= 4 is 6.29 Å². The van der Waals surface area contributed by atoms with Gasteiger partial charge in [-0.15, -0.1) is 0 Å². The maximum atomic E-state index is 10.5. The number of nitrogens with zero attached hydrogens (tertiary/aromatic N) is 1. The van der Waals surface area contributed by atoms with E-state index in [4.69, 9.17) is 5.73 Å². The lowest BCUT2D eigenvalue weighted by molar-refractivity contribution is -0.111. The molecule has 1 atom stereocenters. The maximum absolute atomic E-state index is 10.5. The fourth-order valence-electron chi connectivity index (χ4n) is 2.71. The van der Waals surface area contributed by atoms with E-state index in [1.165, 1.54) is 38.5 Å². The molecule has 0 aromatic carbocycles. The van der Waals surface area contributed by atoms with Gasteiger partial charge in [-0.3, -0.25) is 4.90 Å². The van der Waals surface area contributed by atoms with Gasteiger partial charge in [-0.2, -0.15) is 0 Å². The summed E-state index contributed by atoms with van der Waals surface area (Å²) in [5.74, 6) is 0. The van der Waals surface area contributed by atoms with Gasteiger partial charge in [0.1, 0.15) is 6.29 Å². The number of carbonyl (C=O) groups is 1. The Bertz CT molecular complexity index is 202. The van der Waals surface area contributed by atoms with Gasteiger partial charge in [0.15, 0.2) is 0 Å². The number of hydrogen-bond acceptors (Lipinski definition) is 3. The zero-order chi connectivity index (χ0) is 12.5. The lowest BCUT2D eigenvalue weighted by Crippen LogP contribution is -2.30. The van der Waals surface area contributed by atoms with Crippen molar-refractivity contribution in [3.8, 4) is 0 Å². The highest BCUT2D eigenvalue weighted by molar-refractivity contribution is 5.58. The molecule has 1 saturated carbocycles. The van der Waals surface area contributed by atoms with Crippen LogP contribution in [0.3, 0.4) is 0 Å². The van der Waals surface area contributed by atoms with E-state index in [1.54, 1.807) is 0 Å². The first kappa shape index (κ1) is 14.7. The van der Waals surface area contributed by atoms with E-state index in [0.29, 0.717) is 6.04 Å². The van der Waals surface area contributed by atoms with Crippen LogP contribution >= 0.6 is 0 Å². The summed E-state index contributed by atoms with van der Waals surface area (Å²) in [6.07, 6.45) is 11.2. The van der Waals surface area contributed by atoms with Crippen LogP contribution in [0.15, 0.2) is 0 Å². The van der Waals surface area contributed by atoms with Crippen LogP contribution in [-0.4, -0.2) is 36.4 Å². The van der Waals surface area contributed by atoms with Gasteiger partial charge in [-0.05, 0) is 45.2 Å². The monoisotopic (exact) mass is 240 g/mol. The smallest absolute Gasteiger partial charge is 0.137 e. The summed E-state index contributed by atoms with van der Waals surface area (Å²) < 4.78 is 0. The van der Waals surface area contributed by atoms with Gasteiger partial charge < -0.3 is 10.5 Å². The maximum Gasteiger partial charge on any atom is 0.137 e. The molecule has 0 aromatic heterocycles. The molecule has 1 heterocycles. The zero-order valence-electron chi connectivity index (χ0n) is 11.2. The molecule has 0 radical (unpaired) electrons. The van der Waals surface area contributed by atoms with Gasteiger partial charge in [0.2, 0.25) is 0 Å². The van der Waals surface area contributed by atoms with Gasteiger partial charge >= 0.3 is 0 Å². The summed E-state index contributed by atoms with van der Waals surface area (Å²) in [4.78, 5) is 12.7. The molecule has 0 spiro atoms. The van der Waals surface area contributed by atoms with Gasteiger partial charge in [-0.25, -0.2) is 0 Å². The molecule has 1 aliphatic heterocycles. The standard InChI is InChI=1S/C8H15NO.C6H13N/c1-2-5-9-6-3-4-8(9)7-10;7-6-4-2-1-3-5-6/h7-8H,2-6H2,1H3;6H,1-5,7H2. The average molecular weight is 240 g/mol. The summed E-state index contributed by atoms with van der Waals surface area (Å²) in [7, 11) is 0. The Morgan fingerprint density at radius 1 is 1.18 bits per heavy atom. The SMILES string of the molecule is CCCN1CCCC1C=O.NC1CCCCC1. The molecule has 17 heavy (non-hydrogen) atoms. The summed E-state index contributed by atoms with van der Waals surface area (Å²) in [6, 6.07) is 0.772. The van der Waals surface area contributed by atoms with Crippen molar-refractivity contribution in [1.82, 2.24) is 4.90 Å². The molecule has 0 aromatic rings. The molecule has 3 heteroatoms. The molecule has 1 saturated heterocycles. The molecule has 3 nitrogen and oxygen atoms in total. The fourth-order valence-corrected chi connectivity index (χ4v) is 2.71. The number of rotatable bonds is 3. The number of hydrogen-bond donors (Lipinski definition) is 1. The topological polar surface area (TPSA) is 46.3 Å². The van der Waals surface area contributed by atoms with Gasteiger partial charge in [0.25, 0.3) is 0 Å². The van der Waals surface area contributed by atoms with Crippen LogP contribution < -0.4 is 5.73 Å². The zero-order valence-corrected chi connectivity index (χ0v) is 11.2. The Kier molecular flexibility index (Phi) is 7.45. The fraction of sp³-hybridized carbons (Fsp3) is 0.929. The number of carbonyl (C=O) groups excluding carboxylic acids is 1. The van der Waals surface area contributed by atoms with E-state index >= 15 is 0 Å². The molecule has 100 valence electrons. The third-order valence-corrected chi connectivity index (χ3v) is 3.73. The average Bonchev–Trinajstić information content (AvgIpc) is 2.79. The summed E-state index contributed by atoms with van der Waals surface area (Å²) in [5.41, 5.74) is 5.63. The van der Waals surface area contributed by atoms with Crippen LogP contribution in [0.4, 0.5) is 0 Å². The Balaban J connectivity index is 0.000000181. The van der Waals surface area contributed by atoms with E-state index < -0.39 is 0 Å². The second-order valence-corrected chi connectivity index (χ2v) is 5.28. The summed E-state index contributed by atoms with van der Waals surface area (Å²) in [6.45, 7) is 4.36. The molecule has 1 aliphatic carbocycles. The minimum atomic E-state index is 0.236. The number of nitrogens with two attached hydrogens (primary N) is 1. The summed E-state index contributed by atoms with van der Waals surface area (Å²) >= 11 is 0. The first-order valence-electron chi connectivity index (χ1n) is 7.22. The first-order chi connectivity index (χ1) is 8.27. The van der Waals surface area contributed by atoms with E-state index in [-0.39, 0.29) is 6.04 Å². The number of likely N-dealkylation sites (tertiary alicyclic amines) is 1. The highest BCUT2D eigenvalue weighted by atomic mass is 16.1. The minimum Gasteiger partial charge on any atom is -0.328 e. The largest absolute Gasteiger partial charge is 0.328 e. The van der Waals surface area contributed by atoms with Gasteiger partial charge in [0.05, 0.1) is 6.04 Å². The quantitative estimate of drug-likeness (QED) is 0.770. The highest BCUT2D eigenvalue weighted by Gasteiger charge is 2.22. The van der Waals surface area contributed by atoms with Crippen LogP contribution in [0.2, 0.25) is 0 Å². The van der Waals surface area contributed by atoms with Crippen LogP contribution in [0, 0.1) is 0 Å². The van der Waals surface area contributed by atoms with E-state index in [2.05, 4.69) is 11.8 Å². The van der Waals surface area contributed by atoms with E-state index in [1.807, 2.05) is 0 Å². The Morgan fingerprint density at radius 3 is 2.35 bits per heavy atom. The van der Waals surface area contributed by atoms with Crippen LogP contribution in [0.5, 0.6) is 0 Å². The van der Waals surface area contributed by atoms with Gasteiger partial charge in [0, 0.05) is 6.04 Å². The highest BCUT2D eigenvalue weighted by Crippen LogP contribution is 2.15. The van der Waals surface area contributed by atoms with E-state index in [0.717, 1.165) is 32.2 Å². The normalized spacial score (nSPS) is 26.4. The second kappa shape index (κ2) is 8.65. The second-order valence-electron chi connectivity index (χ2n) is 5.28. The van der Waals surface area contributed by atoms with Crippen LogP contribution in [0.25, 0.3) is 0 Å². The molecule has 2 rings (SSSR count). The molecule has 2 fully saturated rings. The third kappa shape index (κ3) is 5.64. The molecule has 2 N–H and O–H groups in total. The lowest BCUT2D eigenvalue weighted by atomic mass is 9.97. The van der Waals surface area contributed by atoms with Crippen molar-refractivity contribution in [2.75, 3.05) is 13.1 Å². The van der Waals surface area contributed by atoms with Crippen molar-refractivity contribution in [3.05, 3.63) is 0 Å². The molecule has 1 unspecified atom stereocenters. The third-order valence-electron chi connectivity index (χ3n) is 3.73. The van der Waals surface area contributed by atoms with E-state index in [9.17, 15) is 4.79 Å². The predicted octanol–water partition coefficient (Wildman–Crippen LogP) is 2.34. The predicted molar refractivity (Wildman–Crippen MR) is 72.0 cm³/mol. The minimum absolute atomic E-state index is 0.236. The lowest BCUT2D eigenvalue weighted by Gasteiger charge is -2.17. The van der Waals surface area contributed by atoms with Crippen molar-refractivity contribution < 1.29 is 4.79 Å². The molecule has 0 amide bonds. The molecular weight excluding hydrogens is 212 g/mol. The Hall–Kier alpha value is -0.410. The van der Waals surface area contributed by atoms with Gasteiger partial charge in [-0.1, -0.05) is 26.2 Å². The van der Waals surface area contributed by atoms with Crippen LogP contribution in [-0.2, 0) is 4.79 Å². The van der Waals surface area contributed by atoms with Crippen LogP contribution in [0.1, 0.15) is 58.3 Å². The van der Waals surface area contributed by atoms with Crippen molar-refractivity contribution in [2.45, 2.75) is 70.4 Å². The summed E-state index contributed by atoms with van der Waals surface area (Å²) in [5, 5.41) is 0. The molecule has 2 aliphatic rings. The Morgan fingerprint density at radius 2 is 1.88 bits per heavy atom. The van der Waals surface area contributed by atoms with Crippen molar-refractivity contribution in [2.24, 2.45) is 5.73 Å². The van der Waals surface area contributed by atoms with Crippen molar-refractivity contribution in [3.63, 3.8) is 0 Å². The molecule has 0 bridgehead atoms. The number of aldehydes is 1.